The Morgan fingerprint density at radius 3 is 2.20 bits per heavy atom. The van der Waals surface area contributed by atoms with E-state index in [1.54, 1.807) is 29.2 Å². The second-order valence-corrected chi connectivity index (χ2v) is 7.47. The van der Waals surface area contributed by atoms with Crippen LogP contribution >= 0.6 is 0 Å². The van der Waals surface area contributed by atoms with Crippen molar-refractivity contribution in [1.82, 2.24) is 9.80 Å². The third-order valence-corrected chi connectivity index (χ3v) is 5.29. The van der Waals surface area contributed by atoms with E-state index in [0.29, 0.717) is 43.9 Å². The van der Waals surface area contributed by atoms with Gasteiger partial charge < -0.3 is 14.5 Å². The molecule has 0 unspecified atom stereocenters. The Labute approximate surface area is 177 Å². The van der Waals surface area contributed by atoms with Crippen LogP contribution in [0.15, 0.2) is 54.6 Å². The van der Waals surface area contributed by atoms with Gasteiger partial charge in [-0.25, -0.2) is 0 Å². The first-order valence-electron chi connectivity index (χ1n) is 10.4. The van der Waals surface area contributed by atoms with Gasteiger partial charge in [0.2, 0.25) is 5.91 Å². The maximum absolute atomic E-state index is 12.4. The summed E-state index contributed by atoms with van der Waals surface area (Å²) in [6, 6.07) is 17.0. The van der Waals surface area contributed by atoms with Crippen molar-refractivity contribution in [3.05, 3.63) is 65.7 Å². The largest absolute Gasteiger partial charge is 0.484 e. The molecule has 0 aromatic heterocycles. The van der Waals surface area contributed by atoms with Gasteiger partial charge in [0.05, 0.1) is 0 Å². The molecule has 1 aliphatic rings. The van der Waals surface area contributed by atoms with Gasteiger partial charge in [-0.1, -0.05) is 42.5 Å². The first-order valence-corrected chi connectivity index (χ1v) is 10.4. The fourth-order valence-electron chi connectivity index (χ4n) is 3.49. The number of ether oxygens (including phenoxy) is 1. The molecule has 1 aliphatic heterocycles. The standard InChI is InChI=1S/C24H28N2O4/c1-19(27)21-10-6-11-22(17-21)30-18-24(29)26-15-13-25(14-16-26)23(28)12-5-9-20-7-3-2-4-8-20/h2-4,6-8,10-11,17H,5,9,12-16,18H2,1H3. The van der Waals surface area contributed by atoms with Crippen molar-refractivity contribution in [3.63, 3.8) is 0 Å². The summed E-state index contributed by atoms with van der Waals surface area (Å²) < 4.78 is 5.56. The molecule has 158 valence electrons. The highest BCUT2D eigenvalue weighted by molar-refractivity contribution is 5.94. The second kappa shape index (κ2) is 10.6. The number of carbonyl (C=O) groups is 3. The molecular formula is C24H28N2O4. The molecule has 1 heterocycles. The quantitative estimate of drug-likeness (QED) is 0.630. The van der Waals surface area contributed by atoms with Gasteiger partial charge in [-0.3, -0.25) is 14.4 Å². The lowest BCUT2D eigenvalue weighted by atomic mass is 10.1. The highest BCUT2D eigenvalue weighted by Gasteiger charge is 2.24. The maximum Gasteiger partial charge on any atom is 0.260 e. The molecule has 0 N–H and O–H groups in total. The fourth-order valence-corrected chi connectivity index (χ4v) is 3.49. The second-order valence-electron chi connectivity index (χ2n) is 7.47. The maximum atomic E-state index is 12.4. The van der Waals surface area contributed by atoms with E-state index >= 15 is 0 Å². The third-order valence-electron chi connectivity index (χ3n) is 5.29. The van der Waals surface area contributed by atoms with Crippen molar-refractivity contribution in [2.24, 2.45) is 0 Å². The first kappa shape index (κ1) is 21.6. The third kappa shape index (κ3) is 6.17. The first-order chi connectivity index (χ1) is 14.5. The van der Waals surface area contributed by atoms with Crippen LogP contribution in [0.3, 0.4) is 0 Å². The Bertz CT molecular complexity index is 874. The van der Waals surface area contributed by atoms with Crippen LogP contribution in [0.2, 0.25) is 0 Å². The molecule has 6 nitrogen and oxygen atoms in total. The summed E-state index contributed by atoms with van der Waals surface area (Å²) in [7, 11) is 0. The molecule has 0 saturated carbocycles. The topological polar surface area (TPSA) is 66.9 Å². The normalized spacial score (nSPS) is 13.8. The van der Waals surface area contributed by atoms with Crippen molar-refractivity contribution in [2.45, 2.75) is 26.2 Å². The van der Waals surface area contributed by atoms with Crippen LogP contribution in [0.5, 0.6) is 5.75 Å². The molecule has 2 aromatic rings. The smallest absolute Gasteiger partial charge is 0.260 e. The minimum Gasteiger partial charge on any atom is -0.484 e. The molecule has 30 heavy (non-hydrogen) atoms. The average Bonchev–Trinajstić information content (AvgIpc) is 2.78. The number of piperazine rings is 1. The van der Waals surface area contributed by atoms with E-state index < -0.39 is 0 Å². The number of hydrogen-bond donors (Lipinski definition) is 0. The summed E-state index contributed by atoms with van der Waals surface area (Å²) in [5.74, 6) is 0.495. The highest BCUT2D eigenvalue weighted by Crippen LogP contribution is 2.14. The van der Waals surface area contributed by atoms with Crippen LogP contribution in [-0.2, 0) is 16.0 Å². The number of Topliss-reactive ketones (excluding diaryl/α,β-unsaturated/α-hetero) is 1. The van der Waals surface area contributed by atoms with Crippen LogP contribution in [0.1, 0.15) is 35.7 Å². The fraction of sp³-hybridized carbons (Fsp3) is 0.375. The number of benzene rings is 2. The lowest BCUT2D eigenvalue weighted by Crippen LogP contribution is -2.51. The number of aryl methyl sites for hydroxylation is 1. The zero-order valence-corrected chi connectivity index (χ0v) is 17.4. The lowest BCUT2D eigenvalue weighted by molar-refractivity contribution is -0.140. The molecule has 1 fully saturated rings. The Kier molecular flexibility index (Phi) is 7.60. The molecule has 3 rings (SSSR count). The zero-order chi connectivity index (χ0) is 21.3. The SMILES string of the molecule is CC(=O)c1cccc(OCC(=O)N2CCN(C(=O)CCCc3ccccc3)CC2)c1. The van der Waals surface area contributed by atoms with Gasteiger partial charge in [-0.05, 0) is 37.5 Å². The molecule has 1 saturated heterocycles. The highest BCUT2D eigenvalue weighted by atomic mass is 16.5. The number of carbonyl (C=O) groups excluding carboxylic acids is 3. The summed E-state index contributed by atoms with van der Waals surface area (Å²) in [4.78, 5) is 39.9. The minimum absolute atomic E-state index is 0.0451. The van der Waals surface area contributed by atoms with E-state index in [1.807, 2.05) is 23.1 Å². The summed E-state index contributed by atoms with van der Waals surface area (Å²) in [5.41, 5.74) is 1.80. The molecule has 0 bridgehead atoms. The molecule has 0 aliphatic carbocycles. The summed E-state index contributed by atoms with van der Waals surface area (Å²) in [6.45, 7) is 3.55. The molecule has 2 aromatic carbocycles. The van der Waals surface area contributed by atoms with Gasteiger partial charge in [0, 0.05) is 38.2 Å². The van der Waals surface area contributed by atoms with E-state index in [2.05, 4.69) is 12.1 Å². The molecule has 0 atom stereocenters. The number of hydrogen-bond acceptors (Lipinski definition) is 4. The number of rotatable bonds is 8. The van der Waals surface area contributed by atoms with Gasteiger partial charge in [0.25, 0.3) is 5.91 Å². The summed E-state index contributed by atoms with van der Waals surface area (Å²) in [5, 5.41) is 0. The van der Waals surface area contributed by atoms with Crippen LogP contribution in [-0.4, -0.2) is 60.2 Å². The zero-order valence-electron chi connectivity index (χ0n) is 17.4. The predicted molar refractivity (Wildman–Crippen MR) is 114 cm³/mol. The van der Waals surface area contributed by atoms with Crippen molar-refractivity contribution in [1.29, 1.82) is 0 Å². The van der Waals surface area contributed by atoms with Gasteiger partial charge in [-0.15, -0.1) is 0 Å². The van der Waals surface area contributed by atoms with Gasteiger partial charge >= 0.3 is 0 Å². The van der Waals surface area contributed by atoms with E-state index in [0.717, 1.165) is 12.8 Å². The van der Waals surface area contributed by atoms with Crippen molar-refractivity contribution in [2.75, 3.05) is 32.8 Å². The van der Waals surface area contributed by atoms with Gasteiger partial charge in [0.1, 0.15) is 5.75 Å². The van der Waals surface area contributed by atoms with Gasteiger partial charge in [0.15, 0.2) is 12.4 Å². The van der Waals surface area contributed by atoms with Crippen LogP contribution in [0.4, 0.5) is 0 Å². The van der Waals surface area contributed by atoms with Crippen LogP contribution < -0.4 is 4.74 Å². The predicted octanol–water partition coefficient (Wildman–Crippen LogP) is 2.96. The van der Waals surface area contributed by atoms with E-state index in [9.17, 15) is 14.4 Å². The monoisotopic (exact) mass is 408 g/mol. The van der Waals surface area contributed by atoms with E-state index in [4.69, 9.17) is 4.74 Å². The average molecular weight is 408 g/mol. The minimum atomic E-state index is -0.112. The Hall–Kier alpha value is -3.15. The van der Waals surface area contributed by atoms with E-state index in [-0.39, 0.29) is 24.2 Å². The van der Waals surface area contributed by atoms with Crippen molar-refractivity contribution >= 4 is 17.6 Å². The summed E-state index contributed by atoms with van der Waals surface area (Å²) >= 11 is 0. The molecule has 6 heteroatoms. The van der Waals surface area contributed by atoms with Gasteiger partial charge in [-0.2, -0.15) is 0 Å². The van der Waals surface area contributed by atoms with Crippen molar-refractivity contribution in [3.8, 4) is 5.75 Å². The number of nitrogens with zero attached hydrogens (tertiary/aromatic N) is 2. The Morgan fingerprint density at radius 1 is 0.867 bits per heavy atom. The molecule has 2 amide bonds. The van der Waals surface area contributed by atoms with Crippen LogP contribution in [0.25, 0.3) is 0 Å². The molecule has 0 radical (unpaired) electrons. The van der Waals surface area contributed by atoms with Crippen LogP contribution in [0, 0.1) is 0 Å². The summed E-state index contributed by atoms with van der Waals surface area (Å²) in [6.07, 6.45) is 2.25. The number of ketones is 1. The Balaban J connectivity index is 1.38. The number of amides is 2. The molecular weight excluding hydrogens is 380 g/mol. The van der Waals surface area contributed by atoms with E-state index in [1.165, 1.54) is 12.5 Å². The van der Waals surface area contributed by atoms with Crippen molar-refractivity contribution < 1.29 is 19.1 Å². The molecule has 0 spiro atoms. The lowest BCUT2D eigenvalue weighted by Gasteiger charge is -2.34. The Morgan fingerprint density at radius 2 is 1.53 bits per heavy atom.